The lowest BCUT2D eigenvalue weighted by atomic mass is 10.0. The van der Waals surface area contributed by atoms with Crippen molar-refractivity contribution in [3.05, 3.63) is 83.9 Å². The van der Waals surface area contributed by atoms with Crippen molar-refractivity contribution < 1.29 is 23.0 Å². The first kappa shape index (κ1) is 22.5. The second-order valence-corrected chi connectivity index (χ2v) is 7.56. The van der Waals surface area contributed by atoms with Crippen molar-refractivity contribution in [3.63, 3.8) is 0 Å². The molecule has 0 saturated heterocycles. The zero-order chi connectivity index (χ0) is 23.2. The number of ether oxygens (including phenoxy) is 2. The number of rotatable bonds is 9. The van der Waals surface area contributed by atoms with E-state index in [0.717, 1.165) is 27.7 Å². The fraction of sp³-hybridized carbons (Fsp3) is 0.192. The molecule has 0 radical (unpaired) electrons. The monoisotopic (exact) mass is 450 g/mol. The summed E-state index contributed by atoms with van der Waals surface area (Å²) in [4.78, 5) is 16.1. The van der Waals surface area contributed by atoms with Crippen LogP contribution in [0.3, 0.4) is 0 Å². The van der Waals surface area contributed by atoms with Gasteiger partial charge in [-0.3, -0.25) is 4.79 Å². The normalized spacial score (nSPS) is 11.0. The third-order valence-electron chi connectivity index (χ3n) is 5.31. The van der Waals surface area contributed by atoms with Crippen LogP contribution in [0.2, 0.25) is 0 Å². The van der Waals surface area contributed by atoms with Crippen molar-refractivity contribution >= 4 is 22.5 Å². The molecule has 2 N–H and O–H groups in total. The Morgan fingerprint density at radius 2 is 1.73 bits per heavy atom. The third kappa shape index (κ3) is 5.38. The van der Waals surface area contributed by atoms with Gasteiger partial charge in [0.15, 0.2) is 0 Å². The minimum atomic E-state index is -0.473. The maximum absolute atomic E-state index is 13.8. The number of hydrogen-bond acceptors (Lipinski definition) is 3. The number of aromatic amines is 1. The molecule has 0 aliphatic rings. The fourth-order valence-electron chi connectivity index (χ4n) is 3.73. The summed E-state index contributed by atoms with van der Waals surface area (Å²) >= 11 is 0. The summed E-state index contributed by atoms with van der Waals surface area (Å²) in [5.74, 6) is -0.678. The van der Waals surface area contributed by atoms with Crippen LogP contribution in [0.4, 0.5) is 14.5 Å². The molecule has 5 nitrogen and oxygen atoms in total. The molecule has 0 bridgehead atoms. The number of hydrogen-bond donors (Lipinski definition) is 2. The van der Waals surface area contributed by atoms with Crippen LogP contribution in [0, 0.1) is 11.6 Å². The van der Waals surface area contributed by atoms with Crippen LogP contribution in [0.1, 0.15) is 12.0 Å². The number of aromatic nitrogens is 1. The maximum Gasteiger partial charge on any atom is 0.224 e. The molecule has 0 spiro atoms. The van der Waals surface area contributed by atoms with E-state index < -0.39 is 5.82 Å². The summed E-state index contributed by atoms with van der Waals surface area (Å²) in [5, 5.41) is 3.75. The summed E-state index contributed by atoms with van der Waals surface area (Å²) in [7, 11) is 1.56. The molecular formula is C26H24F2N2O3. The number of methoxy groups -OCH3 is 1. The Morgan fingerprint density at radius 3 is 2.52 bits per heavy atom. The summed E-state index contributed by atoms with van der Waals surface area (Å²) in [6.45, 7) is 0.652. The van der Waals surface area contributed by atoms with Crippen molar-refractivity contribution in [1.29, 1.82) is 0 Å². The Balaban J connectivity index is 1.53. The smallest absolute Gasteiger partial charge is 0.224 e. The van der Waals surface area contributed by atoms with E-state index in [1.807, 2.05) is 24.3 Å². The summed E-state index contributed by atoms with van der Waals surface area (Å²) < 4.78 is 37.7. The molecule has 0 atom stereocenters. The van der Waals surface area contributed by atoms with Crippen LogP contribution < -0.4 is 10.1 Å². The minimum absolute atomic E-state index is 0.171. The number of H-pyrrole nitrogens is 1. The van der Waals surface area contributed by atoms with Gasteiger partial charge in [-0.25, -0.2) is 8.78 Å². The van der Waals surface area contributed by atoms with Gasteiger partial charge in [0.05, 0.1) is 12.3 Å². The zero-order valence-corrected chi connectivity index (χ0v) is 18.2. The predicted molar refractivity (Wildman–Crippen MR) is 124 cm³/mol. The van der Waals surface area contributed by atoms with Crippen molar-refractivity contribution in [2.24, 2.45) is 0 Å². The summed E-state index contributed by atoms with van der Waals surface area (Å²) in [6, 6.07) is 18.0. The number of carbonyl (C=O) groups excluding carboxylic acids is 1. The highest BCUT2D eigenvalue weighted by Gasteiger charge is 2.16. The molecule has 4 aromatic rings. The van der Waals surface area contributed by atoms with E-state index in [0.29, 0.717) is 18.8 Å². The topological polar surface area (TPSA) is 63.4 Å². The molecule has 0 saturated carbocycles. The lowest BCUT2D eigenvalue weighted by Gasteiger charge is -2.13. The van der Waals surface area contributed by atoms with Crippen LogP contribution in [0.15, 0.2) is 66.7 Å². The van der Waals surface area contributed by atoms with Crippen LogP contribution in [-0.4, -0.2) is 31.2 Å². The van der Waals surface area contributed by atoms with E-state index in [1.54, 1.807) is 19.2 Å². The standard InChI is InChI=1S/C26H24F2N2O3/c1-32-14-15-33-24-12-10-19(28)16-23(24)29-25(31)13-11-21-20-4-2-3-5-22(20)30-26(21)17-6-8-18(27)9-7-17/h2-10,12,16,30H,11,13-15H2,1H3,(H,29,31). The Kier molecular flexibility index (Phi) is 7.00. The Morgan fingerprint density at radius 1 is 0.970 bits per heavy atom. The number of anilines is 1. The van der Waals surface area contributed by atoms with Crippen molar-refractivity contribution in [1.82, 2.24) is 4.98 Å². The second-order valence-electron chi connectivity index (χ2n) is 7.56. The van der Waals surface area contributed by atoms with Crippen molar-refractivity contribution in [2.75, 3.05) is 25.6 Å². The van der Waals surface area contributed by atoms with Gasteiger partial charge in [-0.15, -0.1) is 0 Å². The molecule has 0 fully saturated rings. The van der Waals surface area contributed by atoms with Gasteiger partial charge < -0.3 is 19.8 Å². The number of halogens is 2. The first-order valence-electron chi connectivity index (χ1n) is 10.6. The maximum atomic E-state index is 13.8. The SMILES string of the molecule is COCCOc1ccc(F)cc1NC(=O)CCc1c(-c2ccc(F)cc2)[nH]c2ccccc12. The van der Waals surface area contributed by atoms with Gasteiger partial charge in [0.2, 0.25) is 5.91 Å². The van der Waals surface area contributed by atoms with Gasteiger partial charge in [0.1, 0.15) is 24.0 Å². The lowest BCUT2D eigenvalue weighted by Crippen LogP contribution is -2.14. The Hall–Kier alpha value is -3.71. The summed E-state index contributed by atoms with van der Waals surface area (Å²) in [6.07, 6.45) is 0.613. The number of benzene rings is 3. The second kappa shape index (κ2) is 10.3. The van der Waals surface area contributed by atoms with Gasteiger partial charge in [-0.05, 0) is 60.0 Å². The average Bonchev–Trinajstić information content (AvgIpc) is 3.18. The van der Waals surface area contributed by atoms with Gasteiger partial charge >= 0.3 is 0 Å². The zero-order valence-electron chi connectivity index (χ0n) is 18.2. The number of carbonyl (C=O) groups is 1. The van der Waals surface area contributed by atoms with E-state index >= 15 is 0 Å². The molecule has 0 aliphatic carbocycles. The van der Waals surface area contributed by atoms with E-state index in [-0.39, 0.29) is 30.4 Å². The number of para-hydroxylation sites is 1. The van der Waals surface area contributed by atoms with Gasteiger partial charge in [0, 0.05) is 36.2 Å². The Labute approximate surface area is 190 Å². The molecule has 3 aromatic carbocycles. The van der Waals surface area contributed by atoms with Gasteiger partial charge in [-0.2, -0.15) is 0 Å². The van der Waals surface area contributed by atoms with Gasteiger partial charge in [0.25, 0.3) is 0 Å². The Bertz CT molecular complexity index is 1250. The van der Waals surface area contributed by atoms with Crippen LogP contribution in [-0.2, 0) is 16.0 Å². The van der Waals surface area contributed by atoms with Crippen LogP contribution in [0.5, 0.6) is 5.75 Å². The van der Waals surface area contributed by atoms with E-state index in [9.17, 15) is 13.6 Å². The van der Waals surface area contributed by atoms with Crippen molar-refractivity contribution in [2.45, 2.75) is 12.8 Å². The quantitative estimate of drug-likeness (QED) is 0.321. The average molecular weight is 450 g/mol. The van der Waals surface area contributed by atoms with E-state index in [4.69, 9.17) is 9.47 Å². The molecular weight excluding hydrogens is 426 g/mol. The number of nitrogens with one attached hydrogen (secondary N) is 2. The highest BCUT2D eigenvalue weighted by atomic mass is 19.1. The summed E-state index contributed by atoms with van der Waals surface area (Å²) in [5.41, 5.74) is 3.85. The molecule has 4 rings (SSSR count). The van der Waals surface area contributed by atoms with Crippen LogP contribution in [0.25, 0.3) is 22.2 Å². The first-order chi connectivity index (χ1) is 16.0. The van der Waals surface area contributed by atoms with Crippen molar-refractivity contribution in [3.8, 4) is 17.0 Å². The number of aryl methyl sites for hydroxylation is 1. The minimum Gasteiger partial charge on any atom is -0.489 e. The molecule has 33 heavy (non-hydrogen) atoms. The van der Waals surface area contributed by atoms with E-state index in [2.05, 4.69) is 10.3 Å². The third-order valence-corrected chi connectivity index (χ3v) is 5.31. The molecule has 1 aromatic heterocycles. The number of amides is 1. The molecule has 170 valence electrons. The molecule has 7 heteroatoms. The fourth-order valence-corrected chi connectivity index (χ4v) is 3.73. The van der Waals surface area contributed by atoms with Crippen LogP contribution >= 0.6 is 0 Å². The largest absolute Gasteiger partial charge is 0.489 e. The highest BCUT2D eigenvalue weighted by molar-refractivity contribution is 5.94. The molecule has 1 heterocycles. The molecule has 0 aliphatic heterocycles. The first-order valence-corrected chi connectivity index (χ1v) is 10.6. The predicted octanol–water partition coefficient (Wildman–Crippen LogP) is 5.71. The lowest BCUT2D eigenvalue weighted by molar-refractivity contribution is -0.116. The highest BCUT2D eigenvalue weighted by Crippen LogP contribution is 2.32. The van der Waals surface area contributed by atoms with Gasteiger partial charge in [-0.1, -0.05) is 18.2 Å². The molecule has 0 unspecified atom stereocenters. The number of fused-ring (bicyclic) bond motifs is 1. The van der Waals surface area contributed by atoms with E-state index in [1.165, 1.54) is 30.3 Å². The molecule has 1 amide bonds.